The van der Waals surface area contributed by atoms with Gasteiger partial charge in [-0.2, -0.15) is 4.31 Å². The molecule has 3 atom stereocenters. The van der Waals surface area contributed by atoms with Crippen molar-refractivity contribution in [2.24, 2.45) is 29.4 Å². The van der Waals surface area contributed by atoms with Crippen LogP contribution in [0.2, 0.25) is 0 Å². The highest BCUT2D eigenvalue weighted by molar-refractivity contribution is 7.90. The van der Waals surface area contributed by atoms with Crippen LogP contribution in [-0.2, 0) is 24.4 Å². The number of carboxylic acids is 1. The van der Waals surface area contributed by atoms with Crippen LogP contribution in [-0.4, -0.2) is 103 Å². The fourth-order valence-corrected chi connectivity index (χ4v) is 8.48. The number of allylic oxidation sites excluding steroid dienone is 2. The minimum atomic E-state index is -3.17. The van der Waals surface area contributed by atoms with Gasteiger partial charge in [0.1, 0.15) is 6.04 Å². The van der Waals surface area contributed by atoms with Gasteiger partial charge in [-0.05, 0) is 75.8 Å². The van der Waals surface area contributed by atoms with Crippen molar-refractivity contribution in [3.05, 3.63) is 23.9 Å². The van der Waals surface area contributed by atoms with Crippen LogP contribution in [0.25, 0.3) is 0 Å². The van der Waals surface area contributed by atoms with Crippen molar-refractivity contribution in [1.82, 2.24) is 19.4 Å². The second-order valence-electron chi connectivity index (χ2n) is 12.2. The lowest BCUT2D eigenvalue weighted by Gasteiger charge is -2.35. The highest BCUT2D eigenvalue weighted by Crippen LogP contribution is 2.34. The predicted molar refractivity (Wildman–Crippen MR) is 149 cm³/mol. The highest BCUT2D eigenvalue weighted by Gasteiger charge is 2.44. The van der Waals surface area contributed by atoms with Crippen molar-refractivity contribution in [3.8, 4) is 0 Å². The number of hydrogen-bond acceptors (Lipinski definition) is 7. The van der Waals surface area contributed by atoms with E-state index in [2.05, 4.69) is 10.2 Å². The molecule has 3 unspecified atom stereocenters. The molecule has 2 heterocycles. The van der Waals surface area contributed by atoms with Crippen molar-refractivity contribution in [2.45, 2.75) is 62.7 Å². The SMILES string of the molecule is NCC1CCC(C(=O)N2CC(CN3CCN(S(=O)(=O)C4CC4)CC3)CC2C(=O)NC2=CCC(C(=O)O)C=C2)CC1. The van der Waals surface area contributed by atoms with Gasteiger partial charge in [0.2, 0.25) is 21.8 Å². The van der Waals surface area contributed by atoms with Crippen LogP contribution in [0.15, 0.2) is 23.9 Å². The number of sulfonamides is 1. The molecule has 5 aliphatic rings. The summed E-state index contributed by atoms with van der Waals surface area (Å²) in [4.78, 5) is 42.5. The van der Waals surface area contributed by atoms with E-state index in [4.69, 9.17) is 5.73 Å². The first-order valence-corrected chi connectivity index (χ1v) is 16.3. The molecule has 222 valence electrons. The summed E-state index contributed by atoms with van der Waals surface area (Å²) in [7, 11) is -3.17. The maximum Gasteiger partial charge on any atom is 0.310 e. The largest absolute Gasteiger partial charge is 0.481 e. The molecular weight excluding hydrogens is 534 g/mol. The molecular formula is C28H43N5O6S. The number of carbonyl (C=O) groups is 3. The molecule has 0 spiro atoms. The van der Waals surface area contributed by atoms with Crippen LogP contribution in [0.1, 0.15) is 51.4 Å². The second kappa shape index (κ2) is 12.3. The maximum atomic E-state index is 13.7. The third-order valence-electron chi connectivity index (χ3n) is 9.34. The summed E-state index contributed by atoms with van der Waals surface area (Å²) in [6.07, 6.45) is 10.7. The first kappa shape index (κ1) is 29.2. The molecule has 12 heteroatoms. The van der Waals surface area contributed by atoms with Gasteiger partial charge in [0.05, 0.1) is 11.2 Å². The molecule has 4 N–H and O–H groups in total. The van der Waals surface area contributed by atoms with E-state index in [0.717, 1.165) is 38.5 Å². The molecule has 0 aromatic rings. The second-order valence-corrected chi connectivity index (χ2v) is 14.4. The number of carboxylic acid groups (broad SMARTS) is 1. The Morgan fingerprint density at radius 2 is 1.70 bits per heavy atom. The van der Waals surface area contributed by atoms with Crippen molar-refractivity contribution in [2.75, 3.05) is 45.8 Å². The first-order chi connectivity index (χ1) is 19.2. The highest BCUT2D eigenvalue weighted by atomic mass is 32.2. The van der Waals surface area contributed by atoms with Gasteiger partial charge in [0.25, 0.3) is 0 Å². The number of likely N-dealkylation sites (tertiary alicyclic amines) is 1. The molecule has 0 bridgehead atoms. The van der Waals surface area contributed by atoms with E-state index >= 15 is 0 Å². The lowest BCUT2D eigenvalue weighted by molar-refractivity contribution is -0.142. The van der Waals surface area contributed by atoms with Gasteiger partial charge < -0.3 is 26.0 Å². The summed E-state index contributed by atoms with van der Waals surface area (Å²) >= 11 is 0. The van der Waals surface area contributed by atoms with Crippen molar-refractivity contribution >= 4 is 27.8 Å². The first-order valence-electron chi connectivity index (χ1n) is 14.8. The zero-order chi connectivity index (χ0) is 28.4. The minimum absolute atomic E-state index is 0.0394. The molecule has 2 amide bonds. The monoisotopic (exact) mass is 577 g/mol. The Morgan fingerprint density at radius 3 is 2.27 bits per heavy atom. The van der Waals surface area contributed by atoms with E-state index in [1.165, 1.54) is 0 Å². The van der Waals surface area contributed by atoms with E-state index in [1.54, 1.807) is 27.4 Å². The van der Waals surface area contributed by atoms with Crippen LogP contribution in [0.4, 0.5) is 0 Å². The smallest absolute Gasteiger partial charge is 0.310 e. The summed E-state index contributed by atoms with van der Waals surface area (Å²) in [5.41, 5.74) is 6.41. The van der Waals surface area contributed by atoms with Gasteiger partial charge in [-0.25, -0.2) is 8.42 Å². The van der Waals surface area contributed by atoms with E-state index in [9.17, 15) is 27.9 Å². The molecule has 2 saturated carbocycles. The molecule has 11 nitrogen and oxygen atoms in total. The van der Waals surface area contributed by atoms with Gasteiger partial charge >= 0.3 is 5.97 Å². The number of nitrogens with zero attached hydrogens (tertiary/aromatic N) is 3. The average molecular weight is 578 g/mol. The zero-order valence-electron chi connectivity index (χ0n) is 23.1. The molecule has 4 fully saturated rings. The summed E-state index contributed by atoms with van der Waals surface area (Å²) in [5.74, 6) is -1.23. The Morgan fingerprint density at radius 1 is 1.00 bits per heavy atom. The standard InChI is InChI=1S/C28H43N5O6S/c29-16-19-1-3-21(4-2-19)27(35)33-18-20(17-31-11-13-32(14-12-31)40(38,39)24-9-10-24)15-25(33)26(34)30-23-7-5-22(6-8-23)28(36)37/h5,7-8,19-22,24-25H,1-4,6,9-18,29H2,(H,30,34)(H,36,37). The number of nitrogens with one attached hydrogen (secondary N) is 1. The molecule has 2 saturated heterocycles. The number of hydrogen-bond donors (Lipinski definition) is 3. The molecule has 40 heavy (non-hydrogen) atoms. The Balaban J connectivity index is 1.22. The van der Waals surface area contributed by atoms with Crippen molar-refractivity contribution in [3.63, 3.8) is 0 Å². The average Bonchev–Trinajstić information content (AvgIpc) is 3.74. The third kappa shape index (κ3) is 6.61. The minimum Gasteiger partial charge on any atom is -0.481 e. The van der Waals surface area contributed by atoms with Crippen LogP contribution in [0.3, 0.4) is 0 Å². The Bertz CT molecular complexity index is 1140. The van der Waals surface area contributed by atoms with Gasteiger partial charge in [-0.15, -0.1) is 0 Å². The summed E-state index contributed by atoms with van der Waals surface area (Å²) in [6, 6.07) is -0.590. The van der Waals surface area contributed by atoms with E-state index < -0.39 is 28.0 Å². The van der Waals surface area contributed by atoms with Gasteiger partial charge in [-0.1, -0.05) is 12.2 Å². The summed E-state index contributed by atoms with van der Waals surface area (Å²) in [6.45, 7) is 4.13. The number of rotatable bonds is 9. The maximum absolute atomic E-state index is 13.7. The van der Waals surface area contributed by atoms with Crippen molar-refractivity contribution in [1.29, 1.82) is 0 Å². The molecule has 3 aliphatic carbocycles. The molecule has 2 aliphatic heterocycles. The van der Waals surface area contributed by atoms with E-state index in [-0.39, 0.29) is 28.9 Å². The fourth-order valence-electron chi connectivity index (χ4n) is 6.66. The van der Waals surface area contributed by atoms with Crippen LogP contribution >= 0.6 is 0 Å². The fraction of sp³-hybridized carbons (Fsp3) is 0.750. The van der Waals surface area contributed by atoms with Crippen LogP contribution in [0.5, 0.6) is 0 Å². The number of carbonyl (C=O) groups excluding carboxylic acids is 2. The Hall–Kier alpha value is -2.28. The summed E-state index contributed by atoms with van der Waals surface area (Å²) < 4.78 is 26.9. The van der Waals surface area contributed by atoms with E-state index in [1.807, 2.05) is 0 Å². The third-order valence-corrected chi connectivity index (χ3v) is 11.7. The number of piperazine rings is 1. The van der Waals surface area contributed by atoms with Gasteiger partial charge in [-0.3, -0.25) is 14.4 Å². The normalized spacial score (nSPS) is 32.1. The lowest BCUT2D eigenvalue weighted by atomic mass is 9.81. The molecule has 0 aromatic carbocycles. The van der Waals surface area contributed by atoms with Gasteiger partial charge in [0, 0.05) is 50.9 Å². The van der Waals surface area contributed by atoms with E-state index in [0.29, 0.717) is 70.3 Å². The van der Waals surface area contributed by atoms with Gasteiger partial charge in [0.15, 0.2) is 0 Å². The summed E-state index contributed by atoms with van der Waals surface area (Å²) in [5, 5.41) is 12.0. The topological polar surface area (TPSA) is 153 Å². The van der Waals surface area contributed by atoms with Crippen molar-refractivity contribution < 1.29 is 27.9 Å². The Kier molecular flexibility index (Phi) is 8.98. The molecule has 5 rings (SSSR count). The van der Waals surface area contributed by atoms with Crippen LogP contribution in [0, 0.1) is 23.7 Å². The number of amides is 2. The number of aliphatic carboxylic acids is 1. The Labute approximate surface area is 236 Å². The lowest BCUT2D eigenvalue weighted by Crippen LogP contribution is -2.50. The quantitative estimate of drug-likeness (QED) is 0.363. The molecule has 0 aromatic heterocycles. The van der Waals surface area contributed by atoms with Crippen LogP contribution < -0.4 is 11.1 Å². The zero-order valence-corrected chi connectivity index (χ0v) is 23.9. The number of nitrogens with two attached hydrogens (primary N) is 1. The molecule has 0 radical (unpaired) electrons. The predicted octanol–water partition coefficient (Wildman–Crippen LogP) is 0.739.